The van der Waals surface area contributed by atoms with Crippen molar-refractivity contribution in [1.82, 2.24) is 5.32 Å². The molecule has 0 saturated carbocycles. The second-order valence-electron chi connectivity index (χ2n) is 3.10. The first-order valence-corrected chi connectivity index (χ1v) is 5.09. The lowest BCUT2D eigenvalue weighted by Gasteiger charge is -2.27. The number of hydrogen-bond acceptors (Lipinski definition) is 1. The first kappa shape index (κ1) is 11.0. The van der Waals surface area contributed by atoms with E-state index in [0.717, 1.165) is 12.1 Å². The minimum absolute atomic E-state index is 0.767. The molecular formula is C10H23N. The van der Waals surface area contributed by atoms with Crippen LogP contribution in [0.2, 0.25) is 0 Å². The van der Waals surface area contributed by atoms with Gasteiger partial charge >= 0.3 is 0 Å². The van der Waals surface area contributed by atoms with Crippen molar-refractivity contribution in [2.45, 2.75) is 65.5 Å². The summed E-state index contributed by atoms with van der Waals surface area (Å²) in [5.41, 5.74) is 0. The third kappa shape index (κ3) is 4.41. The lowest BCUT2D eigenvalue weighted by molar-refractivity contribution is 0.329. The van der Waals surface area contributed by atoms with Gasteiger partial charge in [0.1, 0.15) is 0 Å². The summed E-state index contributed by atoms with van der Waals surface area (Å²) in [7, 11) is 0. The number of rotatable bonds is 1. The summed E-state index contributed by atoms with van der Waals surface area (Å²) < 4.78 is 0. The summed E-state index contributed by atoms with van der Waals surface area (Å²) in [5, 5.41) is 3.57. The van der Waals surface area contributed by atoms with Crippen LogP contribution in [0.1, 0.15) is 53.4 Å². The normalized spacial score (nSPS) is 30.5. The lowest BCUT2D eigenvalue weighted by atomic mass is 9.98. The highest BCUT2D eigenvalue weighted by Gasteiger charge is 2.14. The molecule has 1 saturated heterocycles. The standard InChI is InChI=1S/C8H17N.C2H6/c1-3-8-6-4-5-7(2)9-8;1-2/h7-9H,3-6H2,1-2H3;1-2H3. The number of hydrogen-bond donors (Lipinski definition) is 1. The van der Waals surface area contributed by atoms with Gasteiger partial charge in [-0.2, -0.15) is 0 Å². The molecule has 1 heteroatoms. The van der Waals surface area contributed by atoms with Crippen LogP contribution in [-0.4, -0.2) is 12.1 Å². The van der Waals surface area contributed by atoms with Crippen LogP contribution >= 0.6 is 0 Å². The molecule has 1 N–H and O–H groups in total. The Hall–Kier alpha value is -0.0400. The smallest absolute Gasteiger partial charge is 0.00669 e. The van der Waals surface area contributed by atoms with Crippen molar-refractivity contribution in [2.75, 3.05) is 0 Å². The molecule has 0 aromatic rings. The predicted molar refractivity (Wildman–Crippen MR) is 51.9 cm³/mol. The Morgan fingerprint density at radius 1 is 1.27 bits per heavy atom. The summed E-state index contributed by atoms with van der Waals surface area (Å²) in [6.07, 6.45) is 5.48. The van der Waals surface area contributed by atoms with Crippen molar-refractivity contribution >= 4 is 0 Å². The van der Waals surface area contributed by atoms with Crippen LogP contribution in [0.15, 0.2) is 0 Å². The lowest BCUT2D eigenvalue weighted by Crippen LogP contribution is -2.39. The van der Waals surface area contributed by atoms with E-state index in [0.29, 0.717) is 0 Å². The van der Waals surface area contributed by atoms with E-state index in [4.69, 9.17) is 0 Å². The Morgan fingerprint density at radius 3 is 2.27 bits per heavy atom. The fourth-order valence-corrected chi connectivity index (χ4v) is 1.56. The van der Waals surface area contributed by atoms with E-state index in [1.165, 1.54) is 25.7 Å². The molecule has 1 heterocycles. The molecule has 1 rings (SSSR count). The van der Waals surface area contributed by atoms with Crippen molar-refractivity contribution in [3.8, 4) is 0 Å². The number of piperidine rings is 1. The van der Waals surface area contributed by atoms with E-state index in [9.17, 15) is 0 Å². The molecule has 0 aromatic heterocycles. The molecule has 1 aliphatic rings. The van der Waals surface area contributed by atoms with E-state index in [-0.39, 0.29) is 0 Å². The molecule has 1 aliphatic heterocycles. The van der Waals surface area contributed by atoms with Crippen LogP contribution in [0.3, 0.4) is 0 Å². The minimum Gasteiger partial charge on any atom is -0.312 e. The zero-order valence-corrected chi connectivity index (χ0v) is 8.48. The highest BCUT2D eigenvalue weighted by molar-refractivity contribution is 4.75. The first-order chi connectivity index (χ1) is 5.33. The average Bonchev–Trinajstić information content (AvgIpc) is 2.08. The fraction of sp³-hybridized carbons (Fsp3) is 1.00. The quantitative estimate of drug-likeness (QED) is 0.617. The number of nitrogens with one attached hydrogen (secondary N) is 1. The molecule has 0 amide bonds. The maximum Gasteiger partial charge on any atom is 0.00669 e. The molecule has 0 aliphatic carbocycles. The molecule has 2 unspecified atom stereocenters. The van der Waals surface area contributed by atoms with E-state index in [1.54, 1.807) is 0 Å². The largest absolute Gasteiger partial charge is 0.312 e. The average molecular weight is 157 g/mol. The Bertz CT molecular complexity index is 80.9. The van der Waals surface area contributed by atoms with Gasteiger partial charge in [0.05, 0.1) is 0 Å². The Labute approximate surface area is 71.6 Å². The molecule has 1 nitrogen and oxygen atoms in total. The zero-order valence-electron chi connectivity index (χ0n) is 8.48. The van der Waals surface area contributed by atoms with Gasteiger partial charge in [-0.3, -0.25) is 0 Å². The van der Waals surface area contributed by atoms with Gasteiger partial charge in [0.15, 0.2) is 0 Å². The minimum atomic E-state index is 0.767. The zero-order chi connectivity index (χ0) is 8.69. The van der Waals surface area contributed by atoms with Gasteiger partial charge in [0.2, 0.25) is 0 Å². The third-order valence-electron chi connectivity index (χ3n) is 2.20. The highest BCUT2D eigenvalue weighted by atomic mass is 14.9. The SMILES string of the molecule is CC.CCC1CCCC(C)N1. The predicted octanol–water partition coefficient (Wildman–Crippen LogP) is 2.95. The maximum atomic E-state index is 3.57. The summed E-state index contributed by atoms with van der Waals surface area (Å²) in [6.45, 7) is 8.54. The summed E-state index contributed by atoms with van der Waals surface area (Å²) in [6, 6.07) is 1.58. The van der Waals surface area contributed by atoms with Crippen molar-refractivity contribution in [1.29, 1.82) is 0 Å². The molecular weight excluding hydrogens is 134 g/mol. The van der Waals surface area contributed by atoms with Crippen LogP contribution < -0.4 is 5.32 Å². The summed E-state index contributed by atoms with van der Waals surface area (Å²) in [5.74, 6) is 0. The van der Waals surface area contributed by atoms with Gasteiger partial charge in [-0.05, 0) is 26.2 Å². The molecule has 2 atom stereocenters. The van der Waals surface area contributed by atoms with Gasteiger partial charge in [0.25, 0.3) is 0 Å². The summed E-state index contributed by atoms with van der Waals surface area (Å²) >= 11 is 0. The molecule has 0 radical (unpaired) electrons. The summed E-state index contributed by atoms with van der Waals surface area (Å²) in [4.78, 5) is 0. The van der Waals surface area contributed by atoms with Crippen molar-refractivity contribution in [2.24, 2.45) is 0 Å². The third-order valence-corrected chi connectivity index (χ3v) is 2.20. The molecule has 0 aromatic carbocycles. The molecule has 68 valence electrons. The topological polar surface area (TPSA) is 12.0 Å². The van der Waals surface area contributed by atoms with Gasteiger partial charge < -0.3 is 5.32 Å². The van der Waals surface area contributed by atoms with Crippen LogP contribution in [-0.2, 0) is 0 Å². The second kappa shape index (κ2) is 6.66. The van der Waals surface area contributed by atoms with Crippen LogP contribution in [0, 0.1) is 0 Å². The van der Waals surface area contributed by atoms with Crippen LogP contribution in [0.5, 0.6) is 0 Å². The van der Waals surface area contributed by atoms with Gasteiger partial charge in [-0.15, -0.1) is 0 Å². The molecule has 0 spiro atoms. The molecule has 11 heavy (non-hydrogen) atoms. The second-order valence-corrected chi connectivity index (χ2v) is 3.10. The monoisotopic (exact) mass is 157 g/mol. The fourth-order valence-electron chi connectivity index (χ4n) is 1.56. The Kier molecular flexibility index (Phi) is 6.63. The molecule has 1 fully saturated rings. The van der Waals surface area contributed by atoms with Gasteiger partial charge in [-0.25, -0.2) is 0 Å². The van der Waals surface area contributed by atoms with Gasteiger partial charge in [-0.1, -0.05) is 27.2 Å². The van der Waals surface area contributed by atoms with E-state index >= 15 is 0 Å². The van der Waals surface area contributed by atoms with Crippen LogP contribution in [0.4, 0.5) is 0 Å². The van der Waals surface area contributed by atoms with E-state index in [1.807, 2.05) is 13.8 Å². The highest BCUT2D eigenvalue weighted by Crippen LogP contribution is 2.13. The van der Waals surface area contributed by atoms with Gasteiger partial charge in [0, 0.05) is 12.1 Å². The Balaban J connectivity index is 0.000000461. The van der Waals surface area contributed by atoms with E-state index < -0.39 is 0 Å². The van der Waals surface area contributed by atoms with Crippen molar-refractivity contribution < 1.29 is 0 Å². The first-order valence-electron chi connectivity index (χ1n) is 5.09. The maximum absolute atomic E-state index is 3.57. The molecule has 0 bridgehead atoms. The van der Waals surface area contributed by atoms with E-state index in [2.05, 4.69) is 19.2 Å². The van der Waals surface area contributed by atoms with Crippen molar-refractivity contribution in [3.63, 3.8) is 0 Å². The van der Waals surface area contributed by atoms with Crippen LogP contribution in [0.25, 0.3) is 0 Å². The van der Waals surface area contributed by atoms with Crippen molar-refractivity contribution in [3.05, 3.63) is 0 Å². The Morgan fingerprint density at radius 2 is 1.91 bits per heavy atom.